The molecule has 1 aliphatic heterocycles. The average molecular weight is 412 g/mol. The van der Waals surface area contributed by atoms with Crippen LogP contribution in [0.15, 0.2) is 47.2 Å². The molecule has 0 atom stereocenters. The van der Waals surface area contributed by atoms with E-state index in [1.165, 1.54) is 11.3 Å². The number of hydrogen-bond donors (Lipinski definition) is 1. The third-order valence-corrected chi connectivity index (χ3v) is 6.40. The van der Waals surface area contributed by atoms with Crippen LogP contribution in [0.4, 0.5) is 0 Å². The fourth-order valence-corrected chi connectivity index (χ4v) is 4.99. The van der Waals surface area contributed by atoms with Crippen LogP contribution in [0, 0.1) is 0 Å². The summed E-state index contributed by atoms with van der Waals surface area (Å²) in [6, 6.07) is 7.73. The predicted octanol–water partition coefficient (Wildman–Crippen LogP) is 3.30. The largest absolute Gasteiger partial charge is 0.497 e. The number of hydrogen-bond acceptors (Lipinski definition) is 6. The average Bonchev–Trinajstić information content (AvgIpc) is 3.45. The first-order chi connectivity index (χ1) is 13.7. The first-order valence-electron chi connectivity index (χ1n) is 8.79. The maximum atomic E-state index is 12.7. The minimum absolute atomic E-state index is 0.137. The zero-order valence-electron chi connectivity index (χ0n) is 15.1. The predicted molar refractivity (Wildman–Crippen MR) is 109 cm³/mol. The zero-order chi connectivity index (χ0) is 19.1. The third-order valence-electron chi connectivity index (χ3n) is 4.59. The summed E-state index contributed by atoms with van der Waals surface area (Å²) in [7, 11) is 1.64. The van der Waals surface area contributed by atoms with E-state index in [4.69, 9.17) is 4.74 Å². The Balaban J connectivity index is 1.36. The number of carbonyl (C=O) groups excluding carboxylic acids is 1. The number of benzene rings is 1. The lowest BCUT2D eigenvalue weighted by atomic mass is 10.1. The number of thioether (sulfide) groups is 1. The second-order valence-electron chi connectivity index (χ2n) is 6.37. The number of aromatic nitrogens is 4. The van der Waals surface area contributed by atoms with Gasteiger partial charge in [-0.05, 0) is 12.1 Å². The zero-order valence-corrected chi connectivity index (χ0v) is 16.7. The van der Waals surface area contributed by atoms with Gasteiger partial charge in [-0.25, -0.2) is 9.97 Å². The normalized spacial score (nSPS) is 13.0. The maximum absolute atomic E-state index is 12.7. The van der Waals surface area contributed by atoms with Crippen LogP contribution in [0.2, 0.25) is 0 Å². The summed E-state index contributed by atoms with van der Waals surface area (Å²) < 4.78 is 9.25. The van der Waals surface area contributed by atoms with Gasteiger partial charge in [0.1, 0.15) is 11.4 Å². The van der Waals surface area contributed by atoms with Crippen molar-refractivity contribution in [2.45, 2.75) is 18.2 Å². The number of nitrogens with zero attached hydrogens (tertiary/aromatic N) is 4. The van der Waals surface area contributed by atoms with E-state index in [0.29, 0.717) is 12.2 Å². The molecule has 9 heteroatoms. The Morgan fingerprint density at radius 1 is 1.32 bits per heavy atom. The van der Waals surface area contributed by atoms with E-state index < -0.39 is 0 Å². The van der Waals surface area contributed by atoms with Crippen molar-refractivity contribution in [1.82, 2.24) is 24.3 Å². The van der Waals surface area contributed by atoms with Gasteiger partial charge in [-0.15, -0.1) is 11.3 Å². The van der Waals surface area contributed by atoms with Crippen molar-refractivity contribution in [3.05, 3.63) is 53.4 Å². The molecule has 0 saturated carbocycles. The van der Waals surface area contributed by atoms with Gasteiger partial charge in [0, 0.05) is 35.6 Å². The molecule has 1 aliphatic rings. The molecule has 0 spiro atoms. The summed E-state index contributed by atoms with van der Waals surface area (Å²) in [4.78, 5) is 22.7. The van der Waals surface area contributed by atoms with Gasteiger partial charge in [0.15, 0.2) is 10.1 Å². The van der Waals surface area contributed by atoms with Crippen LogP contribution in [-0.4, -0.2) is 37.7 Å². The van der Waals surface area contributed by atoms with Gasteiger partial charge >= 0.3 is 0 Å². The molecule has 0 radical (unpaired) electrons. The molecule has 7 nitrogen and oxygen atoms in total. The molecule has 4 heterocycles. The number of ether oxygens (including phenoxy) is 1. The van der Waals surface area contributed by atoms with Crippen LogP contribution in [-0.2, 0) is 13.1 Å². The van der Waals surface area contributed by atoms with Gasteiger partial charge in [0.2, 0.25) is 0 Å². The van der Waals surface area contributed by atoms with E-state index in [0.717, 1.165) is 45.1 Å². The second-order valence-corrected chi connectivity index (χ2v) is 8.27. The highest BCUT2D eigenvalue weighted by Crippen LogP contribution is 2.27. The van der Waals surface area contributed by atoms with E-state index in [-0.39, 0.29) is 5.91 Å². The number of amides is 1. The van der Waals surface area contributed by atoms with Crippen LogP contribution in [0.5, 0.6) is 5.75 Å². The molecule has 4 aromatic rings. The van der Waals surface area contributed by atoms with Crippen molar-refractivity contribution >= 4 is 34.0 Å². The first-order valence-corrected chi connectivity index (χ1v) is 10.7. The molecule has 0 unspecified atom stereocenters. The number of nitrogens with one attached hydrogen (secondary N) is 1. The molecule has 1 N–H and O–H groups in total. The van der Waals surface area contributed by atoms with Crippen molar-refractivity contribution < 1.29 is 9.53 Å². The lowest BCUT2D eigenvalue weighted by Gasteiger charge is -2.03. The monoisotopic (exact) mass is 411 g/mol. The Hall–Kier alpha value is -2.78. The summed E-state index contributed by atoms with van der Waals surface area (Å²) in [5.41, 5.74) is 3.21. The number of imidazole rings is 2. The Morgan fingerprint density at radius 3 is 3.11 bits per heavy atom. The molecule has 28 heavy (non-hydrogen) atoms. The van der Waals surface area contributed by atoms with Crippen molar-refractivity contribution in [3.63, 3.8) is 0 Å². The highest BCUT2D eigenvalue weighted by atomic mass is 32.2. The summed E-state index contributed by atoms with van der Waals surface area (Å²) in [6.45, 7) is 1.39. The van der Waals surface area contributed by atoms with Gasteiger partial charge in [0.05, 0.1) is 25.0 Å². The Morgan fingerprint density at radius 2 is 2.25 bits per heavy atom. The highest BCUT2D eigenvalue weighted by molar-refractivity contribution is 7.99. The van der Waals surface area contributed by atoms with Crippen LogP contribution in [0.3, 0.4) is 0 Å². The van der Waals surface area contributed by atoms with Gasteiger partial charge in [-0.1, -0.05) is 23.9 Å². The molecule has 0 fully saturated rings. The van der Waals surface area contributed by atoms with Gasteiger partial charge in [-0.2, -0.15) is 0 Å². The quantitative estimate of drug-likeness (QED) is 0.545. The molecule has 0 saturated heterocycles. The number of carbonyl (C=O) groups is 1. The molecular formula is C19H17N5O2S2. The molecule has 1 amide bonds. The van der Waals surface area contributed by atoms with Crippen molar-refractivity contribution in [2.24, 2.45) is 0 Å². The number of aryl methyl sites for hydroxylation is 1. The fourth-order valence-electron chi connectivity index (χ4n) is 3.18. The molecular weight excluding hydrogens is 394 g/mol. The third kappa shape index (κ3) is 3.06. The summed E-state index contributed by atoms with van der Waals surface area (Å²) >= 11 is 3.19. The Labute approximate surface area is 169 Å². The van der Waals surface area contributed by atoms with Crippen LogP contribution in [0.1, 0.15) is 16.2 Å². The van der Waals surface area contributed by atoms with E-state index in [1.807, 2.05) is 46.4 Å². The van der Waals surface area contributed by atoms with Gasteiger partial charge < -0.3 is 14.6 Å². The lowest BCUT2D eigenvalue weighted by molar-refractivity contribution is 0.0945. The summed E-state index contributed by atoms with van der Waals surface area (Å²) in [6.07, 6.45) is 3.90. The first kappa shape index (κ1) is 17.3. The van der Waals surface area contributed by atoms with Crippen LogP contribution < -0.4 is 10.1 Å². The smallest absolute Gasteiger partial charge is 0.269 e. The molecule has 142 valence electrons. The van der Waals surface area contributed by atoms with Crippen molar-refractivity contribution in [1.29, 1.82) is 0 Å². The molecule has 5 rings (SSSR count). The molecule has 1 aromatic carbocycles. The highest BCUT2D eigenvalue weighted by Gasteiger charge is 2.17. The number of methoxy groups -OCH3 is 1. The molecule has 3 aromatic heterocycles. The van der Waals surface area contributed by atoms with E-state index in [1.54, 1.807) is 18.9 Å². The molecule has 0 aliphatic carbocycles. The maximum Gasteiger partial charge on any atom is 0.269 e. The standard InChI is InChI=1S/C19H17N5O2S2/c1-26-14-4-2-3-12(7-14)15-10-24-16(11-28-19(24)22-15)17(25)20-8-13-9-23-5-6-27-18(23)21-13/h2-4,7,9-11H,5-6,8H2,1H3,(H,20,25). The van der Waals surface area contributed by atoms with E-state index in [9.17, 15) is 4.79 Å². The molecule has 0 bridgehead atoms. The topological polar surface area (TPSA) is 73.5 Å². The van der Waals surface area contributed by atoms with Crippen molar-refractivity contribution in [2.75, 3.05) is 12.9 Å². The lowest BCUT2D eigenvalue weighted by Crippen LogP contribution is -2.24. The number of thiazole rings is 1. The van der Waals surface area contributed by atoms with Crippen LogP contribution >= 0.6 is 23.1 Å². The summed E-state index contributed by atoms with van der Waals surface area (Å²) in [5.74, 6) is 1.71. The minimum Gasteiger partial charge on any atom is -0.497 e. The Kier molecular flexibility index (Phi) is 4.33. The van der Waals surface area contributed by atoms with E-state index in [2.05, 4.69) is 19.9 Å². The SMILES string of the molecule is COc1cccc(-c2cn3c(C(=O)NCc4cn5c(n4)SCC5)csc3n2)c1. The second kappa shape index (κ2) is 6.99. The summed E-state index contributed by atoms with van der Waals surface area (Å²) in [5, 5.41) is 5.82. The van der Waals surface area contributed by atoms with E-state index >= 15 is 0 Å². The minimum atomic E-state index is -0.137. The van der Waals surface area contributed by atoms with Crippen molar-refractivity contribution in [3.8, 4) is 17.0 Å². The van der Waals surface area contributed by atoms with Gasteiger partial charge in [0.25, 0.3) is 5.91 Å². The number of fused-ring (bicyclic) bond motifs is 2. The van der Waals surface area contributed by atoms with Crippen LogP contribution in [0.25, 0.3) is 16.2 Å². The fraction of sp³-hybridized carbons (Fsp3) is 0.211. The Bertz CT molecular complexity index is 1150. The van der Waals surface area contributed by atoms with Gasteiger partial charge in [-0.3, -0.25) is 9.20 Å². The number of rotatable bonds is 5.